The molecule has 0 aromatic heterocycles. The number of carbonyl (C=O) groups is 5. The van der Waals surface area contributed by atoms with Gasteiger partial charge in [0.15, 0.2) is 0 Å². The summed E-state index contributed by atoms with van der Waals surface area (Å²) in [5.74, 6) is 1.63. The number of hydrogen-bond donors (Lipinski definition) is 1. The number of ether oxygens (including phenoxy) is 6. The van der Waals surface area contributed by atoms with E-state index < -0.39 is 17.9 Å². The lowest BCUT2D eigenvalue weighted by molar-refractivity contribution is -0.154. The van der Waals surface area contributed by atoms with Crippen molar-refractivity contribution in [2.75, 3.05) is 59.8 Å². The molecular weight excluding hydrogens is 730 g/mol. The Morgan fingerprint density at radius 3 is 0.965 bits per heavy atom. The molecule has 1 unspecified atom stereocenters. The molecule has 0 aliphatic heterocycles. The number of nitrogens with one attached hydrogen (secondary N) is 1. The SMILES string of the molecule is COCC(COC(=O)CCNCCC(=O)OCC(COC(=O)CCC1CCC(C)CC1)COC(=O)CCC1CCC(C)CC1)COC(=O)CCC1CCC(C)CC1. The quantitative estimate of drug-likeness (QED) is 0.0490. The van der Waals surface area contributed by atoms with Crippen LogP contribution in [0.25, 0.3) is 0 Å². The number of carbonyl (C=O) groups excluding carboxylic acids is 5. The average Bonchev–Trinajstić information content (AvgIpc) is 3.20. The zero-order valence-electron chi connectivity index (χ0n) is 35.9. The first-order valence-corrected chi connectivity index (χ1v) is 22.5. The Hall–Kier alpha value is -2.73. The third-order valence-corrected chi connectivity index (χ3v) is 12.5. The van der Waals surface area contributed by atoms with E-state index in [4.69, 9.17) is 28.4 Å². The highest BCUT2D eigenvalue weighted by Crippen LogP contribution is 2.33. The summed E-state index contributed by atoms with van der Waals surface area (Å²) in [6, 6.07) is 0. The van der Waals surface area contributed by atoms with Crippen LogP contribution in [0.2, 0.25) is 0 Å². The Morgan fingerprint density at radius 1 is 0.421 bits per heavy atom. The smallest absolute Gasteiger partial charge is 0.307 e. The molecule has 0 spiro atoms. The molecule has 12 heteroatoms. The molecule has 0 heterocycles. The van der Waals surface area contributed by atoms with Gasteiger partial charge < -0.3 is 33.7 Å². The van der Waals surface area contributed by atoms with Crippen molar-refractivity contribution in [2.24, 2.45) is 47.3 Å². The summed E-state index contributed by atoms with van der Waals surface area (Å²) >= 11 is 0. The molecule has 0 aromatic carbocycles. The van der Waals surface area contributed by atoms with Gasteiger partial charge in [-0.3, -0.25) is 24.0 Å². The highest BCUT2D eigenvalue weighted by atomic mass is 16.6. The van der Waals surface area contributed by atoms with Crippen molar-refractivity contribution < 1.29 is 52.4 Å². The second kappa shape index (κ2) is 28.7. The minimum atomic E-state index is -0.466. The summed E-state index contributed by atoms with van der Waals surface area (Å²) in [5, 5.41) is 3.06. The van der Waals surface area contributed by atoms with Crippen LogP contribution in [0.5, 0.6) is 0 Å². The van der Waals surface area contributed by atoms with Crippen LogP contribution in [0, 0.1) is 47.3 Å². The molecule has 1 atom stereocenters. The van der Waals surface area contributed by atoms with E-state index in [9.17, 15) is 24.0 Å². The molecule has 12 nitrogen and oxygen atoms in total. The van der Waals surface area contributed by atoms with Crippen molar-refractivity contribution in [1.82, 2.24) is 5.32 Å². The summed E-state index contributed by atoms with van der Waals surface area (Å²) in [6.45, 7) is 7.94. The second-order valence-electron chi connectivity index (χ2n) is 17.8. The first kappa shape index (κ1) is 48.6. The Bertz CT molecular complexity index is 1110. The fourth-order valence-corrected chi connectivity index (χ4v) is 8.26. The Balaban J connectivity index is 1.29. The summed E-state index contributed by atoms with van der Waals surface area (Å²) in [7, 11) is 1.55. The largest absolute Gasteiger partial charge is 0.465 e. The van der Waals surface area contributed by atoms with E-state index >= 15 is 0 Å². The zero-order valence-corrected chi connectivity index (χ0v) is 35.9. The van der Waals surface area contributed by atoms with E-state index in [-0.39, 0.29) is 69.7 Å². The highest BCUT2D eigenvalue weighted by molar-refractivity contribution is 5.71. The van der Waals surface area contributed by atoms with E-state index in [1.54, 1.807) is 7.11 Å². The molecule has 0 bridgehead atoms. The van der Waals surface area contributed by atoms with Gasteiger partial charge in [-0.05, 0) is 54.8 Å². The predicted octanol–water partition coefficient (Wildman–Crippen LogP) is 7.77. The summed E-state index contributed by atoms with van der Waals surface area (Å²) in [4.78, 5) is 62.5. The first-order valence-electron chi connectivity index (χ1n) is 22.5. The van der Waals surface area contributed by atoms with E-state index in [2.05, 4.69) is 26.1 Å². The second-order valence-corrected chi connectivity index (χ2v) is 17.8. The molecule has 1 N–H and O–H groups in total. The van der Waals surface area contributed by atoms with Crippen molar-refractivity contribution in [3.8, 4) is 0 Å². The van der Waals surface area contributed by atoms with Crippen LogP contribution in [0.1, 0.15) is 149 Å². The third kappa shape index (κ3) is 22.9. The van der Waals surface area contributed by atoms with Crippen LogP contribution in [0.4, 0.5) is 0 Å². The lowest BCUT2D eigenvalue weighted by Gasteiger charge is -2.26. The fourth-order valence-electron chi connectivity index (χ4n) is 8.26. The first-order chi connectivity index (χ1) is 27.5. The van der Waals surface area contributed by atoms with E-state index in [0.717, 1.165) is 62.7 Å². The minimum Gasteiger partial charge on any atom is -0.465 e. The third-order valence-electron chi connectivity index (χ3n) is 12.5. The van der Waals surface area contributed by atoms with Gasteiger partial charge in [-0.2, -0.15) is 0 Å². The molecule has 3 aliphatic rings. The number of methoxy groups -OCH3 is 1. The average molecular weight is 808 g/mol. The van der Waals surface area contributed by atoms with Gasteiger partial charge in [0.1, 0.15) is 19.8 Å². The number of hydrogen-bond acceptors (Lipinski definition) is 12. The maximum absolute atomic E-state index is 12.6. The van der Waals surface area contributed by atoms with Crippen LogP contribution in [-0.2, 0) is 52.4 Å². The van der Waals surface area contributed by atoms with Crippen LogP contribution < -0.4 is 5.32 Å². The molecule has 3 fully saturated rings. The Labute approximate surface area is 343 Å². The normalized spacial score (nSPS) is 24.8. The van der Waals surface area contributed by atoms with E-state index in [1.165, 1.54) is 51.4 Å². The molecule has 0 saturated heterocycles. The number of esters is 5. The zero-order chi connectivity index (χ0) is 41.3. The summed E-state index contributed by atoms with van der Waals surface area (Å²) in [5.41, 5.74) is 0. The van der Waals surface area contributed by atoms with Crippen LogP contribution in [0.3, 0.4) is 0 Å². The van der Waals surface area contributed by atoms with Crippen molar-refractivity contribution in [1.29, 1.82) is 0 Å². The lowest BCUT2D eigenvalue weighted by atomic mass is 9.81. The monoisotopic (exact) mass is 808 g/mol. The van der Waals surface area contributed by atoms with Crippen molar-refractivity contribution >= 4 is 29.8 Å². The predicted molar refractivity (Wildman–Crippen MR) is 217 cm³/mol. The Morgan fingerprint density at radius 2 is 0.684 bits per heavy atom. The number of rotatable bonds is 27. The molecule has 3 saturated carbocycles. The molecule has 3 aliphatic carbocycles. The fraction of sp³-hybridized carbons (Fsp3) is 0.889. The molecule has 3 rings (SSSR count). The highest BCUT2D eigenvalue weighted by Gasteiger charge is 2.24. The van der Waals surface area contributed by atoms with Gasteiger partial charge >= 0.3 is 29.8 Å². The summed E-state index contributed by atoms with van der Waals surface area (Å²) < 4.78 is 32.8. The van der Waals surface area contributed by atoms with Crippen LogP contribution in [0.15, 0.2) is 0 Å². The van der Waals surface area contributed by atoms with Gasteiger partial charge in [-0.25, -0.2) is 0 Å². The molecule has 57 heavy (non-hydrogen) atoms. The lowest BCUT2D eigenvalue weighted by Crippen LogP contribution is -2.28. The van der Waals surface area contributed by atoms with Crippen LogP contribution >= 0.6 is 0 Å². The van der Waals surface area contributed by atoms with Crippen LogP contribution in [-0.4, -0.2) is 89.7 Å². The topological polar surface area (TPSA) is 153 Å². The summed E-state index contributed by atoms with van der Waals surface area (Å²) in [6.07, 6.45) is 18.0. The van der Waals surface area contributed by atoms with Gasteiger partial charge in [0, 0.05) is 39.5 Å². The van der Waals surface area contributed by atoms with Gasteiger partial charge in [0.05, 0.1) is 44.5 Å². The van der Waals surface area contributed by atoms with Crippen molar-refractivity contribution in [3.05, 3.63) is 0 Å². The van der Waals surface area contributed by atoms with Crippen molar-refractivity contribution in [2.45, 2.75) is 149 Å². The molecule has 0 aromatic rings. The van der Waals surface area contributed by atoms with Gasteiger partial charge in [0.25, 0.3) is 0 Å². The standard InChI is InChI=1S/C45H77NO11/c1-33-5-11-36(12-6-33)17-20-41(47)53-28-39(27-52-4)29-56-44(50)23-25-46-26-24-45(51)57-32-40(30-54-42(48)21-18-37-13-7-34(2)8-14-37)31-55-43(49)22-19-38-15-9-35(3)10-16-38/h33-40,46H,5-32H2,1-4H3. The van der Waals surface area contributed by atoms with Gasteiger partial charge in [0.2, 0.25) is 0 Å². The molecule has 0 amide bonds. The van der Waals surface area contributed by atoms with Gasteiger partial charge in [-0.15, -0.1) is 0 Å². The van der Waals surface area contributed by atoms with E-state index in [0.29, 0.717) is 56.7 Å². The minimum absolute atomic E-state index is 0.00943. The van der Waals surface area contributed by atoms with Crippen molar-refractivity contribution in [3.63, 3.8) is 0 Å². The molecular formula is C45H77NO11. The maximum atomic E-state index is 12.6. The molecule has 0 radical (unpaired) electrons. The molecule has 328 valence electrons. The van der Waals surface area contributed by atoms with Gasteiger partial charge in [-0.1, -0.05) is 97.8 Å². The Kier molecular flexibility index (Phi) is 24.4. The van der Waals surface area contributed by atoms with E-state index in [1.807, 2.05) is 0 Å². The maximum Gasteiger partial charge on any atom is 0.307 e.